The minimum atomic E-state index is -0.903. The zero-order valence-electron chi connectivity index (χ0n) is 19.7. The monoisotopic (exact) mass is 445 g/mol. The molecule has 1 aromatic heterocycles. The first-order valence-corrected chi connectivity index (χ1v) is 12.5. The molecule has 5 heteroatoms. The van der Waals surface area contributed by atoms with Gasteiger partial charge >= 0.3 is 5.97 Å². The third-order valence-electron chi connectivity index (χ3n) is 6.75. The van der Waals surface area contributed by atoms with Crippen LogP contribution in [0, 0.1) is 5.92 Å². The molecule has 3 aromatic rings. The number of aromatic carboxylic acids is 1. The van der Waals surface area contributed by atoms with E-state index >= 15 is 0 Å². The van der Waals surface area contributed by atoms with Gasteiger partial charge in [0.25, 0.3) is 0 Å². The quantitative estimate of drug-likeness (QED) is 0.359. The number of unbranched alkanes of at least 4 members (excludes halogenated alkanes) is 2. The van der Waals surface area contributed by atoms with Gasteiger partial charge in [-0.05, 0) is 35.1 Å². The molecular formula is C28H35N3O2. The number of aromatic nitrogens is 3. The molecule has 0 bridgehead atoms. The Labute approximate surface area is 196 Å². The molecule has 1 heterocycles. The number of carbonyl (C=O) groups is 1. The molecule has 1 fully saturated rings. The Morgan fingerprint density at radius 3 is 2.52 bits per heavy atom. The van der Waals surface area contributed by atoms with E-state index in [2.05, 4.69) is 23.7 Å². The molecule has 174 valence electrons. The molecule has 5 nitrogen and oxygen atoms in total. The number of benzene rings is 2. The Kier molecular flexibility index (Phi) is 7.92. The van der Waals surface area contributed by atoms with Crippen molar-refractivity contribution in [2.75, 3.05) is 0 Å². The molecule has 0 unspecified atom stereocenters. The maximum atomic E-state index is 11.6. The van der Waals surface area contributed by atoms with Crippen LogP contribution < -0.4 is 0 Å². The first kappa shape index (κ1) is 23.2. The number of carboxylic acid groups (broad SMARTS) is 1. The van der Waals surface area contributed by atoms with Gasteiger partial charge in [-0.15, -0.1) is 0 Å². The van der Waals surface area contributed by atoms with Crippen LogP contribution in [0.5, 0.6) is 0 Å². The standard InChI is InChI=1S/C28H35N3O2/c1-2-3-5-14-27-29-26(19-21-10-6-4-7-11-21)30-31(27)20-22-15-17-23(18-16-22)24-12-8-9-13-25(24)28(32)33/h8-9,12-13,15-18,21H,2-7,10-11,14,19-20H2,1H3,(H,32,33). The molecule has 33 heavy (non-hydrogen) atoms. The Bertz CT molecular complexity index is 1050. The average Bonchev–Trinajstić information content (AvgIpc) is 3.21. The van der Waals surface area contributed by atoms with Gasteiger partial charge in [-0.1, -0.05) is 94.3 Å². The van der Waals surface area contributed by atoms with E-state index in [1.54, 1.807) is 12.1 Å². The summed E-state index contributed by atoms with van der Waals surface area (Å²) in [6.07, 6.45) is 12.2. The molecule has 0 spiro atoms. The minimum Gasteiger partial charge on any atom is -0.478 e. The van der Waals surface area contributed by atoms with Gasteiger partial charge in [0.15, 0.2) is 5.82 Å². The number of hydrogen-bond acceptors (Lipinski definition) is 3. The summed E-state index contributed by atoms with van der Waals surface area (Å²) < 4.78 is 2.09. The van der Waals surface area contributed by atoms with E-state index in [9.17, 15) is 9.90 Å². The SMILES string of the molecule is CCCCCc1nc(CC2CCCCC2)nn1Cc1ccc(-c2ccccc2C(=O)O)cc1. The number of rotatable bonds is 10. The second-order valence-corrected chi connectivity index (χ2v) is 9.31. The van der Waals surface area contributed by atoms with Crippen molar-refractivity contribution in [3.8, 4) is 11.1 Å². The number of aryl methyl sites for hydroxylation is 1. The summed E-state index contributed by atoms with van der Waals surface area (Å²) in [5.41, 5.74) is 3.13. The lowest BCUT2D eigenvalue weighted by molar-refractivity contribution is 0.0697. The van der Waals surface area contributed by atoms with Gasteiger partial charge in [-0.25, -0.2) is 14.5 Å². The van der Waals surface area contributed by atoms with Crippen molar-refractivity contribution in [3.63, 3.8) is 0 Å². The topological polar surface area (TPSA) is 68.0 Å². The Balaban J connectivity index is 1.51. The molecule has 1 aliphatic rings. The van der Waals surface area contributed by atoms with Gasteiger partial charge in [0.2, 0.25) is 0 Å². The third-order valence-corrected chi connectivity index (χ3v) is 6.75. The fourth-order valence-corrected chi connectivity index (χ4v) is 4.89. The lowest BCUT2D eigenvalue weighted by Crippen LogP contribution is -2.11. The van der Waals surface area contributed by atoms with Crippen LogP contribution in [0.3, 0.4) is 0 Å². The summed E-state index contributed by atoms with van der Waals surface area (Å²) in [6, 6.07) is 15.3. The molecule has 1 N–H and O–H groups in total. The number of nitrogens with zero attached hydrogens (tertiary/aromatic N) is 3. The summed E-state index contributed by atoms with van der Waals surface area (Å²) >= 11 is 0. The first-order valence-electron chi connectivity index (χ1n) is 12.5. The third kappa shape index (κ3) is 6.10. The first-order chi connectivity index (χ1) is 16.1. The van der Waals surface area contributed by atoms with Crippen LogP contribution in [-0.2, 0) is 19.4 Å². The van der Waals surface area contributed by atoms with Crippen LogP contribution in [0.1, 0.15) is 85.9 Å². The van der Waals surface area contributed by atoms with Gasteiger partial charge in [-0.2, -0.15) is 5.10 Å². The van der Waals surface area contributed by atoms with Crippen LogP contribution >= 0.6 is 0 Å². The largest absolute Gasteiger partial charge is 0.478 e. The highest BCUT2D eigenvalue weighted by Crippen LogP contribution is 2.27. The average molecular weight is 446 g/mol. The van der Waals surface area contributed by atoms with Crippen LogP contribution in [0.2, 0.25) is 0 Å². The van der Waals surface area contributed by atoms with E-state index in [1.165, 1.54) is 44.9 Å². The summed E-state index contributed by atoms with van der Waals surface area (Å²) in [5.74, 6) is 1.92. The molecular weight excluding hydrogens is 410 g/mol. The molecule has 0 saturated heterocycles. The summed E-state index contributed by atoms with van der Waals surface area (Å²) in [4.78, 5) is 16.5. The van der Waals surface area contributed by atoms with E-state index in [1.807, 2.05) is 24.3 Å². The van der Waals surface area contributed by atoms with Crippen LogP contribution in [0.4, 0.5) is 0 Å². The molecule has 2 aromatic carbocycles. The fourth-order valence-electron chi connectivity index (χ4n) is 4.89. The number of carboxylic acids is 1. The number of hydrogen-bond donors (Lipinski definition) is 1. The lowest BCUT2D eigenvalue weighted by Gasteiger charge is -2.19. The smallest absolute Gasteiger partial charge is 0.336 e. The van der Waals surface area contributed by atoms with Gasteiger partial charge in [-0.3, -0.25) is 0 Å². The van der Waals surface area contributed by atoms with Crippen molar-refractivity contribution in [1.82, 2.24) is 14.8 Å². The predicted molar refractivity (Wildman–Crippen MR) is 131 cm³/mol. The Morgan fingerprint density at radius 2 is 1.79 bits per heavy atom. The van der Waals surface area contributed by atoms with E-state index in [0.717, 1.165) is 53.5 Å². The van der Waals surface area contributed by atoms with Crippen molar-refractivity contribution >= 4 is 5.97 Å². The van der Waals surface area contributed by atoms with E-state index in [4.69, 9.17) is 10.1 Å². The van der Waals surface area contributed by atoms with Crippen LogP contribution in [0.25, 0.3) is 11.1 Å². The van der Waals surface area contributed by atoms with E-state index in [0.29, 0.717) is 12.1 Å². The second-order valence-electron chi connectivity index (χ2n) is 9.31. The second kappa shape index (κ2) is 11.3. The van der Waals surface area contributed by atoms with E-state index < -0.39 is 5.97 Å². The van der Waals surface area contributed by atoms with Crippen molar-refractivity contribution < 1.29 is 9.90 Å². The van der Waals surface area contributed by atoms with Gasteiger partial charge in [0.1, 0.15) is 5.82 Å². The summed E-state index contributed by atoms with van der Waals surface area (Å²) in [7, 11) is 0. The zero-order chi connectivity index (χ0) is 23.0. The van der Waals surface area contributed by atoms with Gasteiger partial charge < -0.3 is 5.11 Å². The molecule has 1 aliphatic carbocycles. The highest BCUT2D eigenvalue weighted by atomic mass is 16.4. The fraction of sp³-hybridized carbons (Fsp3) is 0.464. The van der Waals surface area contributed by atoms with Crippen molar-refractivity contribution in [2.45, 2.75) is 77.7 Å². The van der Waals surface area contributed by atoms with E-state index in [-0.39, 0.29) is 0 Å². The predicted octanol–water partition coefficient (Wildman–Crippen LogP) is 6.55. The highest BCUT2D eigenvalue weighted by molar-refractivity contribution is 5.95. The van der Waals surface area contributed by atoms with Crippen molar-refractivity contribution in [3.05, 3.63) is 71.3 Å². The molecule has 0 aliphatic heterocycles. The normalized spacial score (nSPS) is 14.5. The van der Waals surface area contributed by atoms with Gasteiger partial charge in [0, 0.05) is 12.8 Å². The molecule has 0 atom stereocenters. The Morgan fingerprint density at radius 1 is 1.03 bits per heavy atom. The molecule has 0 amide bonds. The lowest BCUT2D eigenvalue weighted by atomic mass is 9.87. The van der Waals surface area contributed by atoms with Crippen molar-refractivity contribution in [2.24, 2.45) is 5.92 Å². The highest BCUT2D eigenvalue weighted by Gasteiger charge is 2.18. The van der Waals surface area contributed by atoms with Crippen LogP contribution in [0.15, 0.2) is 48.5 Å². The summed E-state index contributed by atoms with van der Waals surface area (Å²) in [6.45, 7) is 2.92. The maximum absolute atomic E-state index is 11.6. The Hall–Kier alpha value is -2.95. The molecule has 0 radical (unpaired) electrons. The van der Waals surface area contributed by atoms with Crippen molar-refractivity contribution in [1.29, 1.82) is 0 Å². The summed E-state index contributed by atoms with van der Waals surface area (Å²) in [5, 5.41) is 14.4. The van der Waals surface area contributed by atoms with Gasteiger partial charge in [0.05, 0.1) is 12.1 Å². The minimum absolute atomic E-state index is 0.326. The zero-order valence-corrected chi connectivity index (χ0v) is 19.7. The maximum Gasteiger partial charge on any atom is 0.336 e. The van der Waals surface area contributed by atoms with Crippen LogP contribution in [-0.4, -0.2) is 25.8 Å². The molecule has 4 rings (SSSR count). The molecule has 1 saturated carbocycles.